The van der Waals surface area contributed by atoms with E-state index in [1.54, 1.807) is 42.6 Å². The SMILES string of the molecule is Cc1ccc2c(=O)c(OC(=O)c3cccnc3)c(-c3ccccc3)oc2c1. The maximum atomic E-state index is 13.0. The molecule has 27 heavy (non-hydrogen) atoms. The number of pyridine rings is 1. The number of ether oxygens (including phenoxy) is 1. The second-order valence-electron chi connectivity index (χ2n) is 6.09. The van der Waals surface area contributed by atoms with E-state index >= 15 is 0 Å². The summed E-state index contributed by atoms with van der Waals surface area (Å²) < 4.78 is 11.5. The molecule has 0 atom stereocenters. The molecule has 0 saturated heterocycles. The maximum Gasteiger partial charge on any atom is 0.345 e. The van der Waals surface area contributed by atoms with Crippen molar-refractivity contribution in [3.8, 4) is 17.1 Å². The Balaban J connectivity index is 1.92. The molecule has 2 aromatic heterocycles. The van der Waals surface area contributed by atoms with Gasteiger partial charge in [-0.1, -0.05) is 36.4 Å². The first-order valence-corrected chi connectivity index (χ1v) is 8.38. The predicted molar refractivity (Wildman–Crippen MR) is 102 cm³/mol. The molecule has 2 heterocycles. The van der Waals surface area contributed by atoms with E-state index in [2.05, 4.69) is 4.98 Å². The van der Waals surface area contributed by atoms with E-state index in [4.69, 9.17) is 9.15 Å². The minimum atomic E-state index is -0.668. The second-order valence-corrected chi connectivity index (χ2v) is 6.09. The molecule has 132 valence electrons. The first kappa shape index (κ1) is 16.7. The lowest BCUT2D eigenvalue weighted by Gasteiger charge is -2.11. The molecule has 5 nitrogen and oxygen atoms in total. The molecule has 0 unspecified atom stereocenters. The van der Waals surface area contributed by atoms with Gasteiger partial charge in [0.25, 0.3) is 0 Å². The average molecular weight is 357 g/mol. The summed E-state index contributed by atoms with van der Waals surface area (Å²) in [6.07, 6.45) is 2.94. The first-order valence-electron chi connectivity index (χ1n) is 8.38. The number of hydrogen-bond donors (Lipinski definition) is 0. The summed E-state index contributed by atoms with van der Waals surface area (Å²) in [4.78, 5) is 29.5. The van der Waals surface area contributed by atoms with E-state index in [1.165, 1.54) is 6.20 Å². The van der Waals surface area contributed by atoms with Crippen molar-refractivity contribution in [3.63, 3.8) is 0 Å². The standard InChI is InChI=1S/C22H15NO4/c1-14-9-10-17-18(12-14)26-20(15-6-3-2-4-7-15)21(19(17)24)27-22(25)16-8-5-11-23-13-16/h2-13H,1H3. The van der Waals surface area contributed by atoms with Crippen LogP contribution in [0.15, 0.2) is 82.3 Å². The molecule has 0 spiro atoms. The Morgan fingerprint density at radius 2 is 1.85 bits per heavy atom. The number of carbonyl (C=O) groups excluding carboxylic acids is 1. The van der Waals surface area contributed by atoms with Gasteiger partial charge in [0.1, 0.15) is 5.58 Å². The maximum absolute atomic E-state index is 13.0. The Morgan fingerprint density at radius 1 is 1.04 bits per heavy atom. The van der Waals surface area contributed by atoms with Crippen molar-refractivity contribution in [2.45, 2.75) is 6.92 Å². The molecule has 0 amide bonds. The average Bonchev–Trinajstić information content (AvgIpc) is 2.71. The summed E-state index contributed by atoms with van der Waals surface area (Å²) in [6.45, 7) is 1.91. The van der Waals surface area contributed by atoms with Crippen LogP contribution in [0.4, 0.5) is 0 Å². The van der Waals surface area contributed by atoms with Crippen molar-refractivity contribution in [3.05, 3.63) is 94.4 Å². The zero-order valence-electron chi connectivity index (χ0n) is 14.5. The van der Waals surface area contributed by atoms with Crippen molar-refractivity contribution >= 4 is 16.9 Å². The third-order valence-corrected chi connectivity index (χ3v) is 4.13. The highest BCUT2D eigenvalue weighted by atomic mass is 16.5. The van der Waals surface area contributed by atoms with Crippen LogP contribution in [0, 0.1) is 6.92 Å². The third kappa shape index (κ3) is 3.22. The van der Waals surface area contributed by atoms with Crippen LogP contribution >= 0.6 is 0 Å². The van der Waals surface area contributed by atoms with Crippen molar-refractivity contribution in [2.24, 2.45) is 0 Å². The Morgan fingerprint density at radius 3 is 2.59 bits per heavy atom. The van der Waals surface area contributed by atoms with E-state index in [9.17, 15) is 9.59 Å². The zero-order chi connectivity index (χ0) is 18.8. The number of rotatable bonds is 3. The van der Waals surface area contributed by atoms with Gasteiger partial charge in [-0.2, -0.15) is 0 Å². The molecule has 0 saturated carbocycles. The van der Waals surface area contributed by atoms with Crippen LogP contribution in [0.2, 0.25) is 0 Å². The lowest BCUT2D eigenvalue weighted by atomic mass is 10.1. The number of carbonyl (C=O) groups is 1. The predicted octanol–water partition coefficient (Wildman–Crippen LogP) is 4.38. The van der Waals surface area contributed by atoms with E-state index in [0.29, 0.717) is 16.5 Å². The summed E-state index contributed by atoms with van der Waals surface area (Å²) in [7, 11) is 0. The fourth-order valence-electron chi connectivity index (χ4n) is 2.79. The lowest BCUT2D eigenvalue weighted by Crippen LogP contribution is -2.16. The van der Waals surface area contributed by atoms with Gasteiger partial charge in [-0.05, 0) is 36.8 Å². The highest BCUT2D eigenvalue weighted by Gasteiger charge is 2.21. The molecule has 0 bridgehead atoms. The number of aromatic nitrogens is 1. The largest absolute Gasteiger partial charge is 0.452 e. The third-order valence-electron chi connectivity index (χ3n) is 4.13. The monoisotopic (exact) mass is 357 g/mol. The summed E-state index contributed by atoms with van der Waals surface area (Å²) >= 11 is 0. The highest BCUT2D eigenvalue weighted by Crippen LogP contribution is 2.31. The van der Waals surface area contributed by atoms with Crippen molar-refractivity contribution in [1.29, 1.82) is 0 Å². The van der Waals surface area contributed by atoms with Crippen LogP contribution in [0.25, 0.3) is 22.3 Å². The topological polar surface area (TPSA) is 69.4 Å². The van der Waals surface area contributed by atoms with Crippen molar-refractivity contribution in [2.75, 3.05) is 0 Å². The first-order chi connectivity index (χ1) is 13.1. The molecule has 0 aliphatic carbocycles. The molecular formula is C22H15NO4. The fourth-order valence-corrected chi connectivity index (χ4v) is 2.79. The van der Waals surface area contributed by atoms with Gasteiger partial charge in [0, 0.05) is 18.0 Å². The number of fused-ring (bicyclic) bond motifs is 1. The van der Waals surface area contributed by atoms with Crippen LogP contribution in [0.5, 0.6) is 5.75 Å². The van der Waals surface area contributed by atoms with Gasteiger partial charge >= 0.3 is 5.97 Å². The lowest BCUT2D eigenvalue weighted by molar-refractivity contribution is 0.0731. The second kappa shape index (κ2) is 6.88. The molecule has 0 aliphatic rings. The molecule has 4 rings (SSSR count). The number of nitrogens with zero attached hydrogens (tertiary/aromatic N) is 1. The van der Waals surface area contributed by atoms with Gasteiger partial charge in [-0.3, -0.25) is 9.78 Å². The van der Waals surface area contributed by atoms with Gasteiger partial charge in [0.15, 0.2) is 5.76 Å². The smallest absolute Gasteiger partial charge is 0.345 e. The molecule has 5 heteroatoms. The van der Waals surface area contributed by atoms with Gasteiger partial charge < -0.3 is 9.15 Å². The van der Waals surface area contributed by atoms with Gasteiger partial charge in [0.05, 0.1) is 10.9 Å². The van der Waals surface area contributed by atoms with Crippen molar-refractivity contribution < 1.29 is 13.9 Å². The molecular weight excluding hydrogens is 342 g/mol. The number of aryl methyl sites for hydroxylation is 1. The summed E-state index contributed by atoms with van der Waals surface area (Å²) in [6, 6.07) is 17.6. The molecule has 0 fully saturated rings. The number of benzene rings is 2. The quantitative estimate of drug-likeness (QED) is 0.509. The summed E-state index contributed by atoms with van der Waals surface area (Å²) in [5, 5.41) is 0.356. The Hall–Kier alpha value is -3.73. The number of hydrogen-bond acceptors (Lipinski definition) is 5. The fraction of sp³-hybridized carbons (Fsp3) is 0.0455. The van der Waals surface area contributed by atoms with Gasteiger partial charge in [-0.25, -0.2) is 4.79 Å². The molecule has 0 N–H and O–H groups in total. The Labute approximate surface area is 154 Å². The van der Waals surface area contributed by atoms with E-state index in [-0.39, 0.29) is 17.1 Å². The summed E-state index contributed by atoms with van der Waals surface area (Å²) in [5.74, 6) is -0.582. The highest BCUT2D eigenvalue weighted by molar-refractivity contribution is 5.92. The Kier molecular flexibility index (Phi) is 4.26. The molecule has 0 aliphatic heterocycles. The minimum absolute atomic E-state index is 0.133. The van der Waals surface area contributed by atoms with Gasteiger partial charge in [0.2, 0.25) is 11.2 Å². The van der Waals surface area contributed by atoms with Crippen LogP contribution in [0.3, 0.4) is 0 Å². The van der Waals surface area contributed by atoms with E-state index in [1.807, 2.05) is 31.2 Å². The molecule has 0 radical (unpaired) electrons. The van der Waals surface area contributed by atoms with Gasteiger partial charge in [-0.15, -0.1) is 0 Å². The van der Waals surface area contributed by atoms with Crippen LogP contribution in [-0.4, -0.2) is 11.0 Å². The zero-order valence-corrected chi connectivity index (χ0v) is 14.5. The molecule has 4 aromatic rings. The van der Waals surface area contributed by atoms with E-state index in [0.717, 1.165) is 5.56 Å². The van der Waals surface area contributed by atoms with Crippen LogP contribution in [-0.2, 0) is 0 Å². The minimum Gasteiger partial charge on any atom is -0.452 e. The number of esters is 1. The molecule has 2 aromatic carbocycles. The van der Waals surface area contributed by atoms with E-state index < -0.39 is 11.4 Å². The van der Waals surface area contributed by atoms with Crippen LogP contribution < -0.4 is 10.2 Å². The van der Waals surface area contributed by atoms with Crippen LogP contribution in [0.1, 0.15) is 15.9 Å². The summed E-state index contributed by atoms with van der Waals surface area (Å²) in [5.41, 5.74) is 1.91. The normalized spacial score (nSPS) is 10.7. The van der Waals surface area contributed by atoms with Crippen molar-refractivity contribution in [1.82, 2.24) is 4.98 Å². The Bertz CT molecular complexity index is 1180.